The number of alkyl halides is 2. The van der Waals surface area contributed by atoms with E-state index in [2.05, 4.69) is 37.9 Å². The van der Waals surface area contributed by atoms with Crippen LogP contribution in [0, 0.1) is 0 Å². The van der Waals surface area contributed by atoms with Gasteiger partial charge in [0.25, 0.3) is 0 Å². The highest BCUT2D eigenvalue weighted by Gasteiger charge is 2.14. The summed E-state index contributed by atoms with van der Waals surface area (Å²) in [4.78, 5) is 0.461. The minimum absolute atomic E-state index is 0.342. The van der Waals surface area contributed by atoms with Gasteiger partial charge in [0.1, 0.15) is 0 Å². The van der Waals surface area contributed by atoms with E-state index in [1.54, 1.807) is 0 Å². The molecule has 0 spiro atoms. The molecule has 76 valence electrons. The number of halogens is 2. The summed E-state index contributed by atoms with van der Waals surface area (Å²) in [6, 6.07) is 6.08. The van der Waals surface area contributed by atoms with Crippen LogP contribution in [0.3, 0.4) is 0 Å². The first-order valence-corrected chi connectivity index (χ1v) is 6.42. The summed E-state index contributed by atoms with van der Waals surface area (Å²) in [6.45, 7) is 0.342. The normalized spacial score (nSPS) is 15.6. The summed E-state index contributed by atoms with van der Waals surface area (Å²) in [5.41, 5.74) is 1.26. The number of ether oxygens (including phenoxy) is 2. The van der Waals surface area contributed by atoms with Crippen LogP contribution in [0.5, 0.6) is 11.5 Å². The Hall–Kier alpha value is -0.220. The van der Waals surface area contributed by atoms with Gasteiger partial charge in [0.15, 0.2) is 11.5 Å². The molecule has 0 saturated heterocycles. The van der Waals surface area contributed by atoms with Crippen molar-refractivity contribution in [1.82, 2.24) is 0 Å². The Kier molecular flexibility index (Phi) is 3.34. The third-order valence-electron chi connectivity index (χ3n) is 2.06. The van der Waals surface area contributed by atoms with E-state index >= 15 is 0 Å². The molecule has 1 aliphatic rings. The average molecular weight is 322 g/mol. The fourth-order valence-corrected chi connectivity index (χ4v) is 1.98. The Labute approximate surface area is 99.8 Å². The van der Waals surface area contributed by atoms with Crippen molar-refractivity contribution in [2.45, 2.75) is 11.2 Å². The van der Waals surface area contributed by atoms with Gasteiger partial charge in [-0.25, -0.2) is 0 Å². The molecule has 0 bridgehead atoms. The monoisotopic (exact) mass is 320 g/mol. The number of rotatable bonds is 3. The minimum Gasteiger partial charge on any atom is -0.454 e. The van der Waals surface area contributed by atoms with Crippen molar-refractivity contribution in [1.29, 1.82) is 0 Å². The van der Waals surface area contributed by atoms with Gasteiger partial charge in [0.2, 0.25) is 6.79 Å². The lowest BCUT2D eigenvalue weighted by Gasteiger charge is -2.06. The molecule has 0 fully saturated rings. The molecule has 0 aromatic heterocycles. The quantitative estimate of drug-likeness (QED) is 0.796. The molecule has 0 amide bonds. The zero-order valence-corrected chi connectivity index (χ0v) is 10.7. The Morgan fingerprint density at radius 1 is 1.29 bits per heavy atom. The summed E-state index contributed by atoms with van der Waals surface area (Å²) in [6.07, 6.45) is 0.988. The Morgan fingerprint density at radius 2 is 2.07 bits per heavy atom. The van der Waals surface area contributed by atoms with Gasteiger partial charge in [0.05, 0.1) is 0 Å². The van der Waals surface area contributed by atoms with Gasteiger partial charge in [-0.2, -0.15) is 0 Å². The molecule has 1 aliphatic heterocycles. The van der Waals surface area contributed by atoms with Crippen LogP contribution in [0.2, 0.25) is 0 Å². The number of benzene rings is 1. The lowest BCUT2D eigenvalue weighted by molar-refractivity contribution is 0.174. The van der Waals surface area contributed by atoms with E-state index in [0.29, 0.717) is 11.6 Å². The first kappa shape index (κ1) is 10.3. The van der Waals surface area contributed by atoms with Crippen molar-refractivity contribution >= 4 is 31.9 Å². The van der Waals surface area contributed by atoms with Gasteiger partial charge in [-0.3, -0.25) is 0 Å². The maximum atomic E-state index is 5.31. The lowest BCUT2D eigenvalue weighted by atomic mass is 10.1. The van der Waals surface area contributed by atoms with Crippen molar-refractivity contribution in [3.63, 3.8) is 0 Å². The van der Waals surface area contributed by atoms with Crippen molar-refractivity contribution in [3.8, 4) is 11.5 Å². The first-order chi connectivity index (χ1) is 6.79. The molecule has 0 aliphatic carbocycles. The lowest BCUT2D eigenvalue weighted by Crippen LogP contribution is -2.03. The van der Waals surface area contributed by atoms with E-state index in [9.17, 15) is 0 Å². The summed E-state index contributed by atoms with van der Waals surface area (Å²) >= 11 is 7.01. The average Bonchev–Trinajstić information content (AvgIpc) is 2.64. The van der Waals surface area contributed by atoms with Gasteiger partial charge < -0.3 is 9.47 Å². The summed E-state index contributed by atoms with van der Waals surface area (Å²) < 4.78 is 10.5. The third kappa shape index (κ3) is 2.23. The van der Waals surface area contributed by atoms with Crippen LogP contribution in [0.25, 0.3) is 0 Å². The van der Waals surface area contributed by atoms with Gasteiger partial charge >= 0.3 is 0 Å². The van der Waals surface area contributed by atoms with Crippen LogP contribution in [0.1, 0.15) is 5.56 Å². The van der Waals surface area contributed by atoms with Gasteiger partial charge in [-0.1, -0.05) is 37.9 Å². The molecular weight excluding hydrogens is 312 g/mol. The fourth-order valence-electron chi connectivity index (χ4n) is 1.38. The highest BCUT2D eigenvalue weighted by Crippen LogP contribution is 2.33. The molecular formula is C10H10Br2O2. The Morgan fingerprint density at radius 3 is 2.86 bits per heavy atom. The van der Waals surface area contributed by atoms with Crippen molar-refractivity contribution in [2.24, 2.45) is 0 Å². The van der Waals surface area contributed by atoms with Crippen molar-refractivity contribution in [3.05, 3.63) is 23.8 Å². The second kappa shape index (κ2) is 4.53. The molecule has 2 rings (SSSR count). The van der Waals surface area contributed by atoms with Crippen LogP contribution >= 0.6 is 31.9 Å². The Bertz CT molecular complexity index is 328. The van der Waals surface area contributed by atoms with Crippen LogP contribution in [0.15, 0.2) is 18.2 Å². The SMILES string of the molecule is BrC[C@@H](Br)Cc1ccc2c(c1)OCO2. The van der Waals surface area contributed by atoms with E-state index in [1.165, 1.54) is 5.56 Å². The zero-order chi connectivity index (χ0) is 9.97. The topological polar surface area (TPSA) is 18.5 Å². The maximum absolute atomic E-state index is 5.31. The standard InChI is InChI=1S/C10H10Br2O2/c11-5-8(12)3-7-1-2-9-10(4-7)14-6-13-9/h1-2,4,8H,3,5-6H2/t8-/m0/s1. The largest absolute Gasteiger partial charge is 0.454 e. The molecule has 0 N–H and O–H groups in total. The molecule has 1 aromatic rings. The molecule has 1 heterocycles. The van der Waals surface area contributed by atoms with E-state index in [4.69, 9.17) is 9.47 Å². The molecule has 0 unspecified atom stereocenters. The second-order valence-corrected chi connectivity index (χ2v) is 5.09. The third-order valence-corrected chi connectivity index (χ3v) is 4.36. The Balaban J connectivity index is 2.12. The van der Waals surface area contributed by atoms with Gasteiger partial charge in [-0.05, 0) is 24.1 Å². The fraction of sp³-hybridized carbons (Fsp3) is 0.400. The smallest absolute Gasteiger partial charge is 0.231 e. The predicted octanol–water partition coefficient (Wildman–Crippen LogP) is 3.12. The highest BCUT2D eigenvalue weighted by molar-refractivity contribution is 9.12. The molecule has 4 heteroatoms. The molecule has 14 heavy (non-hydrogen) atoms. The molecule has 0 radical (unpaired) electrons. The van der Waals surface area contributed by atoms with Crippen molar-refractivity contribution < 1.29 is 9.47 Å². The van der Waals surface area contributed by atoms with E-state index in [0.717, 1.165) is 23.2 Å². The minimum atomic E-state index is 0.342. The van der Waals surface area contributed by atoms with Crippen molar-refractivity contribution in [2.75, 3.05) is 12.1 Å². The second-order valence-electron chi connectivity index (χ2n) is 3.14. The molecule has 2 nitrogen and oxygen atoms in total. The van der Waals surface area contributed by atoms with Crippen LogP contribution in [-0.4, -0.2) is 17.0 Å². The highest BCUT2D eigenvalue weighted by atomic mass is 79.9. The number of hydrogen-bond donors (Lipinski definition) is 0. The number of hydrogen-bond acceptors (Lipinski definition) is 2. The molecule has 0 saturated carbocycles. The zero-order valence-electron chi connectivity index (χ0n) is 7.50. The van der Waals surface area contributed by atoms with Crippen LogP contribution in [-0.2, 0) is 6.42 Å². The summed E-state index contributed by atoms with van der Waals surface area (Å²) in [5, 5.41) is 0.946. The predicted molar refractivity (Wildman–Crippen MR) is 62.8 cm³/mol. The summed E-state index contributed by atoms with van der Waals surface area (Å²) in [7, 11) is 0. The van der Waals surface area contributed by atoms with Crippen LogP contribution in [0.4, 0.5) is 0 Å². The summed E-state index contributed by atoms with van der Waals surface area (Å²) in [5.74, 6) is 1.70. The maximum Gasteiger partial charge on any atom is 0.231 e. The van der Waals surface area contributed by atoms with Gasteiger partial charge in [-0.15, -0.1) is 0 Å². The van der Waals surface area contributed by atoms with Gasteiger partial charge in [0, 0.05) is 10.2 Å². The van der Waals surface area contributed by atoms with E-state index < -0.39 is 0 Å². The first-order valence-electron chi connectivity index (χ1n) is 4.38. The van der Waals surface area contributed by atoms with Crippen LogP contribution < -0.4 is 9.47 Å². The van der Waals surface area contributed by atoms with E-state index in [-0.39, 0.29) is 0 Å². The number of fused-ring (bicyclic) bond motifs is 1. The molecule has 1 atom stereocenters. The molecule has 1 aromatic carbocycles. The van der Waals surface area contributed by atoms with E-state index in [1.807, 2.05) is 12.1 Å².